The van der Waals surface area contributed by atoms with Crippen LogP contribution < -0.4 is 4.74 Å². The molecule has 4 heteroatoms. The Balaban J connectivity index is 2.18. The molecule has 0 fully saturated rings. The molecular formula is C17H19FO3. The lowest BCUT2D eigenvalue weighted by molar-refractivity contribution is 0.161. The van der Waals surface area contributed by atoms with Gasteiger partial charge < -0.3 is 14.6 Å². The number of methoxy groups -OCH3 is 2. The standard InChI is InChI=1S/C17H19FO3/c1-20-11-13-5-3-4-6-14(13)16(19)10-12-7-8-17(21-2)15(18)9-12/h3-9,16,19H,10-11H2,1-2H3. The van der Waals surface area contributed by atoms with Gasteiger partial charge in [-0.1, -0.05) is 30.3 Å². The van der Waals surface area contributed by atoms with Crippen LogP contribution in [0.5, 0.6) is 5.75 Å². The van der Waals surface area contributed by atoms with E-state index in [1.165, 1.54) is 13.2 Å². The third-order valence-electron chi connectivity index (χ3n) is 3.36. The van der Waals surface area contributed by atoms with Crippen LogP contribution >= 0.6 is 0 Å². The second kappa shape index (κ2) is 7.20. The fourth-order valence-electron chi connectivity index (χ4n) is 2.32. The Labute approximate surface area is 124 Å². The van der Waals surface area contributed by atoms with Crippen molar-refractivity contribution in [1.82, 2.24) is 0 Å². The van der Waals surface area contributed by atoms with Gasteiger partial charge >= 0.3 is 0 Å². The van der Waals surface area contributed by atoms with Crippen LogP contribution in [0.3, 0.4) is 0 Å². The van der Waals surface area contributed by atoms with Gasteiger partial charge in [0.2, 0.25) is 0 Å². The van der Waals surface area contributed by atoms with Gasteiger partial charge in [-0.15, -0.1) is 0 Å². The average molecular weight is 290 g/mol. The minimum atomic E-state index is -0.704. The molecule has 0 bridgehead atoms. The summed E-state index contributed by atoms with van der Waals surface area (Å²) in [6.07, 6.45) is -0.370. The van der Waals surface area contributed by atoms with Gasteiger partial charge in [0.15, 0.2) is 11.6 Å². The predicted octanol–water partition coefficient (Wildman–Crippen LogP) is 3.26. The van der Waals surface area contributed by atoms with Crippen molar-refractivity contribution in [3.63, 3.8) is 0 Å². The van der Waals surface area contributed by atoms with Crippen LogP contribution in [-0.4, -0.2) is 19.3 Å². The molecule has 0 amide bonds. The minimum absolute atomic E-state index is 0.202. The zero-order valence-electron chi connectivity index (χ0n) is 12.2. The molecule has 21 heavy (non-hydrogen) atoms. The SMILES string of the molecule is COCc1ccccc1C(O)Cc1ccc(OC)c(F)c1. The largest absolute Gasteiger partial charge is 0.494 e. The lowest BCUT2D eigenvalue weighted by atomic mass is 9.97. The van der Waals surface area contributed by atoms with Crippen molar-refractivity contribution in [2.45, 2.75) is 19.1 Å². The van der Waals surface area contributed by atoms with Crippen molar-refractivity contribution in [1.29, 1.82) is 0 Å². The summed E-state index contributed by atoms with van der Waals surface area (Å²) in [5, 5.41) is 10.4. The van der Waals surface area contributed by atoms with Crippen LogP contribution in [0.1, 0.15) is 22.8 Å². The van der Waals surface area contributed by atoms with Gasteiger partial charge in [0, 0.05) is 13.5 Å². The van der Waals surface area contributed by atoms with Gasteiger partial charge in [-0.25, -0.2) is 4.39 Å². The molecule has 0 saturated carbocycles. The normalized spacial score (nSPS) is 12.2. The Bertz CT molecular complexity index is 598. The molecule has 0 radical (unpaired) electrons. The second-order valence-corrected chi connectivity index (χ2v) is 4.82. The highest BCUT2D eigenvalue weighted by molar-refractivity contribution is 5.33. The van der Waals surface area contributed by atoms with Gasteiger partial charge in [-0.2, -0.15) is 0 Å². The van der Waals surface area contributed by atoms with E-state index in [4.69, 9.17) is 9.47 Å². The highest BCUT2D eigenvalue weighted by Crippen LogP contribution is 2.25. The van der Waals surface area contributed by atoms with Gasteiger partial charge in [0.1, 0.15) is 0 Å². The first-order valence-corrected chi connectivity index (χ1v) is 6.73. The molecule has 112 valence electrons. The van der Waals surface area contributed by atoms with Crippen molar-refractivity contribution < 1.29 is 19.0 Å². The highest BCUT2D eigenvalue weighted by Gasteiger charge is 2.14. The maximum absolute atomic E-state index is 13.7. The van der Waals surface area contributed by atoms with E-state index < -0.39 is 11.9 Å². The summed E-state index contributed by atoms with van der Waals surface area (Å²) >= 11 is 0. The summed E-state index contributed by atoms with van der Waals surface area (Å²) in [5.74, 6) is -0.222. The number of hydrogen-bond acceptors (Lipinski definition) is 3. The van der Waals surface area contributed by atoms with Crippen LogP contribution in [0.25, 0.3) is 0 Å². The minimum Gasteiger partial charge on any atom is -0.494 e. The van der Waals surface area contributed by atoms with E-state index in [9.17, 15) is 9.50 Å². The summed E-state index contributed by atoms with van der Waals surface area (Å²) in [6, 6.07) is 12.3. The fourth-order valence-corrected chi connectivity index (χ4v) is 2.32. The third-order valence-corrected chi connectivity index (χ3v) is 3.36. The summed E-state index contributed by atoms with van der Waals surface area (Å²) in [5.41, 5.74) is 2.45. The average Bonchev–Trinajstić information content (AvgIpc) is 2.48. The maximum atomic E-state index is 13.7. The second-order valence-electron chi connectivity index (χ2n) is 4.82. The summed E-state index contributed by atoms with van der Waals surface area (Å²) < 4.78 is 23.7. The summed E-state index contributed by atoms with van der Waals surface area (Å²) in [7, 11) is 3.04. The Kier molecular flexibility index (Phi) is 5.31. The van der Waals surface area contributed by atoms with Crippen molar-refractivity contribution in [3.8, 4) is 5.75 Å². The number of hydrogen-bond donors (Lipinski definition) is 1. The molecule has 1 unspecified atom stereocenters. The zero-order chi connectivity index (χ0) is 15.2. The first kappa shape index (κ1) is 15.5. The number of benzene rings is 2. The molecule has 0 aromatic heterocycles. The Morgan fingerprint density at radius 2 is 1.90 bits per heavy atom. The molecule has 2 aromatic carbocycles. The monoisotopic (exact) mass is 290 g/mol. The van der Waals surface area contributed by atoms with E-state index in [1.807, 2.05) is 24.3 Å². The van der Waals surface area contributed by atoms with Gasteiger partial charge in [-0.05, 0) is 28.8 Å². The van der Waals surface area contributed by atoms with Gasteiger partial charge in [-0.3, -0.25) is 0 Å². The lowest BCUT2D eigenvalue weighted by Gasteiger charge is -2.15. The molecule has 0 aliphatic rings. The molecule has 0 heterocycles. The molecule has 0 aliphatic heterocycles. The molecule has 2 rings (SSSR count). The van der Waals surface area contributed by atoms with Crippen molar-refractivity contribution >= 4 is 0 Å². The predicted molar refractivity (Wildman–Crippen MR) is 78.8 cm³/mol. The molecule has 2 aromatic rings. The highest BCUT2D eigenvalue weighted by atomic mass is 19.1. The first-order valence-electron chi connectivity index (χ1n) is 6.73. The quantitative estimate of drug-likeness (QED) is 0.887. The molecule has 0 aliphatic carbocycles. The third kappa shape index (κ3) is 3.80. The number of rotatable bonds is 6. The van der Waals surface area contributed by atoms with E-state index in [-0.39, 0.29) is 5.75 Å². The van der Waals surface area contributed by atoms with Gasteiger partial charge in [0.25, 0.3) is 0 Å². The Morgan fingerprint density at radius 3 is 2.57 bits per heavy atom. The zero-order valence-corrected chi connectivity index (χ0v) is 12.2. The van der Waals surface area contributed by atoms with E-state index in [0.29, 0.717) is 18.6 Å². The van der Waals surface area contributed by atoms with Crippen molar-refractivity contribution in [3.05, 3.63) is 65.0 Å². The van der Waals surface area contributed by atoms with Crippen molar-refractivity contribution in [2.24, 2.45) is 0 Å². The van der Waals surface area contributed by atoms with Crippen LogP contribution in [0, 0.1) is 5.82 Å². The van der Waals surface area contributed by atoms with E-state index in [1.54, 1.807) is 19.2 Å². The lowest BCUT2D eigenvalue weighted by Crippen LogP contribution is -2.06. The van der Waals surface area contributed by atoms with Gasteiger partial charge in [0.05, 0.1) is 19.8 Å². The van der Waals surface area contributed by atoms with Crippen LogP contribution in [-0.2, 0) is 17.8 Å². The fraction of sp³-hybridized carbons (Fsp3) is 0.294. The summed E-state index contributed by atoms with van der Waals surface area (Å²) in [6.45, 7) is 0.435. The van der Waals surface area contributed by atoms with Crippen LogP contribution in [0.2, 0.25) is 0 Å². The van der Waals surface area contributed by atoms with E-state index >= 15 is 0 Å². The maximum Gasteiger partial charge on any atom is 0.165 e. The molecular weight excluding hydrogens is 271 g/mol. The molecule has 1 atom stereocenters. The van der Waals surface area contributed by atoms with Crippen molar-refractivity contribution in [2.75, 3.05) is 14.2 Å². The number of aliphatic hydroxyl groups is 1. The first-order chi connectivity index (χ1) is 10.2. The van der Waals surface area contributed by atoms with E-state index in [0.717, 1.165) is 11.1 Å². The Morgan fingerprint density at radius 1 is 1.14 bits per heavy atom. The molecule has 0 saturated heterocycles. The summed E-state index contributed by atoms with van der Waals surface area (Å²) in [4.78, 5) is 0. The molecule has 0 spiro atoms. The number of aliphatic hydroxyl groups excluding tert-OH is 1. The Hall–Kier alpha value is -1.91. The van der Waals surface area contributed by atoms with Crippen LogP contribution in [0.15, 0.2) is 42.5 Å². The molecule has 1 N–H and O–H groups in total. The molecule has 3 nitrogen and oxygen atoms in total. The topological polar surface area (TPSA) is 38.7 Å². The number of ether oxygens (including phenoxy) is 2. The smallest absolute Gasteiger partial charge is 0.165 e. The van der Waals surface area contributed by atoms with E-state index in [2.05, 4.69) is 0 Å². The van der Waals surface area contributed by atoms with Crippen LogP contribution in [0.4, 0.5) is 4.39 Å². The number of halogens is 1.